The van der Waals surface area contributed by atoms with Crippen LogP contribution in [0.5, 0.6) is 0 Å². The van der Waals surface area contributed by atoms with E-state index in [1.807, 2.05) is 54.6 Å². The van der Waals surface area contributed by atoms with Gasteiger partial charge in [-0.05, 0) is 24.1 Å². The lowest BCUT2D eigenvalue weighted by Crippen LogP contribution is -2.16. The summed E-state index contributed by atoms with van der Waals surface area (Å²) in [5.41, 5.74) is 2.04. The Bertz CT molecular complexity index is 1100. The van der Waals surface area contributed by atoms with E-state index in [4.69, 9.17) is 16.0 Å². The van der Waals surface area contributed by atoms with Crippen molar-refractivity contribution in [2.75, 3.05) is 5.32 Å². The van der Waals surface area contributed by atoms with Crippen LogP contribution in [0.15, 0.2) is 77.5 Å². The smallest absolute Gasteiger partial charge is 0.225 e. The zero-order valence-electron chi connectivity index (χ0n) is 16.3. The van der Waals surface area contributed by atoms with Crippen LogP contribution in [0.2, 0.25) is 5.02 Å². The van der Waals surface area contributed by atoms with Crippen LogP contribution in [0, 0.1) is 0 Å². The van der Waals surface area contributed by atoms with E-state index in [2.05, 4.69) is 15.4 Å². The molecule has 2 aromatic heterocycles. The normalized spacial score (nSPS) is 10.8. The zero-order chi connectivity index (χ0) is 20.8. The van der Waals surface area contributed by atoms with E-state index in [0.29, 0.717) is 42.5 Å². The number of rotatable bonds is 8. The summed E-state index contributed by atoms with van der Waals surface area (Å²) in [4.78, 5) is 16.7. The summed E-state index contributed by atoms with van der Waals surface area (Å²) < 4.78 is 7.54. The summed E-state index contributed by atoms with van der Waals surface area (Å²) in [6.45, 7) is 0.554. The Kier molecular flexibility index (Phi) is 6.25. The first-order valence-electron chi connectivity index (χ1n) is 9.73. The maximum absolute atomic E-state index is 12.4. The molecule has 0 saturated carbocycles. The fourth-order valence-corrected chi connectivity index (χ4v) is 3.22. The monoisotopic (exact) mass is 420 g/mol. The number of carbonyl (C=O) groups is 1. The van der Waals surface area contributed by atoms with Crippen LogP contribution < -0.4 is 5.32 Å². The Labute approximate surface area is 179 Å². The lowest BCUT2D eigenvalue weighted by atomic mass is 10.2. The predicted molar refractivity (Wildman–Crippen MR) is 116 cm³/mol. The topological polar surface area (TPSA) is 73.0 Å². The lowest BCUT2D eigenvalue weighted by Gasteiger charge is -2.09. The third kappa shape index (κ3) is 5.15. The molecular formula is C23H21ClN4O2. The molecule has 152 valence electrons. The van der Waals surface area contributed by atoms with Crippen molar-refractivity contribution in [1.82, 2.24) is 14.8 Å². The van der Waals surface area contributed by atoms with Crippen LogP contribution >= 0.6 is 11.6 Å². The number of oxazole rings is 1. The zero-order valence-corrected chi connectivity index (χ0v) is 17.0. The summed E-state index contributed by atoms with van der Waals surface area (Å²) in [5.74, 6) is 1.97. The molecule has 0 aliphatic rings. The Balaban J connectivity index is 1.27. The van der Waals surface area contributed by atoms with Gasteiger partial charge < -0.3 is 9.73 Å². The van der Waals surface area contributed by atoms with Gasteiger partial charge in [-0.2, -0.15) is 5.10 Å². The first-order chi connectivity index (χ1) is 14.7. The quantitative estimate of drug-likeness (QED) is 0.425. The van der Waals surface area contributed by atoms with Crippen molar-refractivity contribution < 1.29 is 9.21 Å². The molecule has 1 N–H and O–H groups in total. The standard InChI is InChI=1S/C23H21ClN4O2/c24-19-11-9-17(10-12-19)16-28-21(13-14-26-28)27-22(29)7-4-8-23-25-15-20(30-23)18-5-2-1-3-6-18/h1-3,5-6,9-15H,4,7-8,16H2,(H,27,29). The summed E-state index contributed by atoms with van der Waals surface area (Å²) in [7, 11) is 0. The molecular weight excluding hydrogens is 400 g/mol. The number of anilines is 1. The number of nitrogens with one attached hydrogen (secondary N) is 1. The van der Waals surface area contributed by atoms with Gasteiger partial charge in [-0.15, -0.1) is 0 Å². The van der Waals surface area contributed by atoms with Crippen LogP contribution in [0.1, 0.15) is 24.3 Å². The Morgan fingerprint density at radius 2 is 1.87 bits per heavy atom. The van der Waals surface area contributed by atoms with E-state index >= 15 is 0 Å². The van der Waals surface area contributed by atoms with Crippen LogP contribution in [0.3, 0.4) is 0 Å². The minimum absolute atomic E-state index is 0.0669. The van der Waals surface area contributed by atoms with Gasteiger partial charge in [-0.3, -0.25) is 4.79 Å². The van der Waals surface area contributed by atoms with Crippen LogP contribution in [-0.2, 0) is 17.8 Å². The van der Waals surface area contributed by atoms with Crippen LogP contribution in [0.25, 0.3) is 11.3 Å². The molecule has 0 aliphatic heterocycles. The second-order valence-corrected chi connectivity index (χ2v) is 7.32. The predicted octanol–water partition coefficient (Wildman–Crippen LogP) is 5.20. The first kappa shape index (κ1) is 19.9. The molecule has 6 nitrogen and oxygen atoms in total. The van der Waals surface area contributed by atoms with Gasteiger partial charge in [0.15, 0.2) is 11.7 Å². The van der Waals surface area contributed by atoms with Crippen molar-refractivity contribution in [2.24, 2.45) is 0 Å². The highest BCUT2D eigenvalue weighted by molar-refractivity contribution is 6.30. The van der Waals surface area contributed by atoms with Gasteiger partial charge in [0.1, 0.15) is 5.82 Å². The average molecular weight is 421 g/mol. The summed E-state index contributed by atoms with van der Waals surface area (Å²) in [6, 6.07) is 19.2. The molecule has 1 amide bonds. The second kappa shape index (κ2) is 9.41. The summed E-state index contributed by atoms with van der Waals surface area (Å²) in [5, 5.41) is 7.90. The second-order valence-electron chi connectivity index (χ2n) is 6.89. The van der Waals surface area contributed by atoms with E-state index in [-0.39, 0.29) is 5.91 Å². The molecule has 0 fully saturated rings. The van der Waals surface area contributed by atoms with Gasteiger partial charge in [0.25, 0.3) is 0 Å². The van der Waals surface area contributed by atoms with Crippen LogP contribution in [0.4, 0.5) is 5.82 Å². The van der Waals surface area contributed by atoms with Gasteiger partial charge in [0, 0.05) is 29.5 Å². The highest BCUT2D eigenvalue weighted by Crippen LogP contribution is 2.20. The Morgan fingerprint density at radius 1 is 1.07 bits per heavy atom. The molecule has 30 heavy (non-hydrogen) atoms. The molecule has 0 spiro atoms. The van der Waals surface area contributed by atoms with E-state index in [0.717, 1.165) is 16.9 Å². The molecule has 0 unspecified atom stereocenters. The summed E-state index contributed by atoms with van der Waals surface area (Å²) in [6.07, 6.45) is 5.01. The fourth-order valence-electron chi connectivity index (χ4n) is 3.09. The van der Waals surface area contributed by atoms with Gasteiger partial charge in [0.05, 0.1) is 18.9 Å². The van der Waals surface area contributed by atoms with E-state index in [1.165, 1.54) is 0 Å². The minimum atomic E-state index is -0.0669. The van der Waals surface area contributed by atoms with Crippen molar-refractivity contribution in [1.29, 1.82) is 0 Å². The maximum atomic E-state index is 12.4. The highest BCUT2D eigenvalue weighted by Gasteiger charge is 2.10. The maximum Gasteiger partial charge on any atom is 0.225 e. The van der Waals surface area contributed by atoms with Crippen molar-refractivity contribution in [2.45, 2.75) is 25.8 Å². The average Bonchev–Trinajstić information content (AvgIpc) is 3.40. The molecule has 0 saturated heterocycles. The van der Waals surface area contributed by atoms with E-state index < -0.39 is 0 Å². The molecule has 7 heteroatoms. The number of nitrogens with zero attached hydrogens (tertiary/aromatic N) is 3. The number of hydrogen-bond donors (Lipinski definition) is 1. The number of amides is 1. The fraction of sp³-hybridized carbons (Fsp3) is 0.174. The molecule has 2 aromatic carbocycles. The number of halogens is 1. The van der Waals surface area contributed by atoms with Crippen molar-refractivity contribution in [3.8, 4) is 11.3 Å². The van der Waals surface area contributed by atoms with E-state index in [1.54, 1.807) is 23.1 Å². The largest absolute Gasteiger partial charge is 0.441 e. The first-order valence-corrected chi connectivity index (χ1v) is 10.1. The molecule has 0 aliphatic carbocycles. The minimum Gasteiger partial charge on any atom is -0.441 e. The van der Waals surface area contributed by atoms with Gasteiger partial charge in [-0.1, -0.05) is 54.1 Å². The molecule has 0 bridgehead atoms. The molecule has 4 aromatic rings. The van der Waals surface area contributed by atoms with Crippen molar-refractivity contribution >= 4 is 23.3 Å². The van der Waals surface area contributed by atoms with Gasteiger partial charge >= 0.3 is 0 Å². The number of aromatic nitrogens is 3. The molecule has 0 atom stereocenters. The van der Waals surface area contributed by atoms with Gasteiger partial charge in [0.2, 0.25) is 5.91 Å². The Hall–Kier alpha value is -3.38. The van der Waals surface area contributed by atoms with Gasteiger partial charge in [-0.25, -0.2) is 9.67 Å². The van der Waals surface area contributed by atoms with Crippen molar-refractivity contribution in [3.05, 3.63) is 89.5 Å². The number of aryl methyl sites for hydroxylation is 1. The Morgan fingerprint density at radius 3 is 2.67 bits per heavy atom. The molecule has 4 rings (SSSR count). The number of carbonyl (C=O) groups excluding carboxylic acids is 1. The van der Waals surface area contributed by atoms with E-state index in [9.17, 15) is 4.79 Å². The highest BCUT2D eigenvalue weighted by atomic mass is 35.5. The molecule has 0 radical (unpaired) electrons. The number of benzene rings is 2. The third-order valence-corrected chi connectivity index (χ3v) is 4.89. The molecule has 2 heterocycles. The SMILES string of the molecule is O=C(CCCc1ncc(-c2ccccc2)o1)Nc1ccnn1Cc1ccc(Cl)cc1. The van der Waals surface area contributed by atoms with Crippen LogP contribution in [-0.4, -0.2) is 20.7 Å². The number of hydrogen-bond acceptors (Lipinski definition) is 4. The lowest BCUT2D eigenvalue weighted by molar-refractivity contribution is -0.116. The van der Waals surface area contributed by atoms with Crippen molar-refractivity contribution in [3.63, 3.8) is 0 Å². The summed E-state index contributed by atoms with van der Waals surface area (Å²) >= 11 is 5.93. The third-order valence-electron chi connectivity index (χ3n) is 4.64.